The van der Waals surface area contributed by atoms with Crippen molar-refractivity contribution in [3.8, 4) is 0 Å². The summed E-state index contributed by atoms with van der Waals surface area (Å²) >= 11 is 1.32. The molecular formula is C35H34N4O4S. The highest BCUT2D eigenvalue weighted by Gasteiger charge is 2.18. The first kappa shape index (κ1) is 31.8. The summed E-state index contributed by atoms with van der Waals surface area (Å²) in [5.74, 6) is -1.43. The highest BCUT2D eigenvalue weighted by Crippen LogP contribution is 2.26. The normalized spacial score (nSPS) is 11.9. The second-order valence-corrected chi connectivity index (χ2v) is 11.8. The summed E-state index contributed by atoms with van der Waals surface area (Å²) in [6.45, 7) is 5.96. The number of hydrogen-bond acceptors (Lipinski definition) is 5. The van der Waals surface area contributed by atoms with Crippen LogP contribution in [0.4, 0.5) is 11.4 Å². The molecule has 9 heteroatoms. The molecule has 8 nitrogen and oxygen atoms in total. The number of benzene rings is 4. The second kappa shape index (κ2) is 14.8. The number of carbonyl (C=O) groups is 4. The van der Waals surface area contributed by atoms with Crippen molar-refractivity contribution in [2.24, 2.45) is 5.73 Å². The zero-order valence-electron chi connectivity index (χ0n) is 24.7. The predicted molar refractivity (Wildman–Crippen MR) is 176 cm³/mol. The van der Waals surface area contributed by atoms with Crippen LogP contribution in [0, 0.1) is 0 Å². The minimum atomic E-state index is -0.625. The molecule has 1 atom stereocenters. The number of carbonyl (C=O) groups excluding carboxylic acids is 4. The van der Waals surface area contributed by atoms with Gasteiger partial charge in [-0.25, -0.2) is 0 Å². The third kappa shape index (κ3) is 8.68. The molecule has 44 heavy (non-hydrogen) atoms. The van der Waals surface area contributed by atoms with Gasteiger partial charge in [0.25, 0.3) is 17.7 Å². The second-order valence-electron chi connectivity index (χ2n) is 10.3. The molecule has 0 aromatic heterocycles. The standard InChI is InChI=1S/C35H34N4O4S/c1-22(2)25-15-13-24(14-16-25)21-31(39-34(42)26-9-5-4-6-10-26)35(43)37-27-17-19-28(20-18-27)44-23(3)33(41)38-30-12-8-7-11-29(30)32(36)40/h4-23H,1-3H3,(H2,36,40)(H,37,43)(H,38,41)(H,39,42)/b31-21-. The summed E-state index contributed by atoms with van der Waals surface area (Å²) in [5, 5.41) is 7.87. The molecule has 0 aliphatic rings. The summed E-state index contributed by atoms with van der Waals surface area (Å²) in [5.41, 5.74) is 8.98. The Bertz CT molecular complexity index is 1670. The van der Waals surface area contributed by atoms with Crippen molar-refractivity contribution in [1.29, 1.82) is 0 Å². The minimum Gasteiger partial charge on any atom is -0.366 e. The number of nitrogens with one attached hydrogen (secondary N) is 3. The summed E-state index contributed by atoms with van der Waals surface area (Å²) in [6.07, 6.45) is 1.64. The zero-order valence-corrected chi connectivity index (χ0v) is 25.5. The molecule has 0 saturated heterocycles. The van der Waals surface area contributed by atoms with Crippen molar-refractivity contribution in [3.05, 3.63) is 131 Å². The topological polar surface area (TPSA) is 130 Å². The molecule has 5 N–H and O–H groups in total. The number of amides is 4. The van der Waals surface area contributed by atoms with Crippen molar-refractivity contribution in [1.82, 2.24) is 5.32 Å². The van der Waals surface area contributed by atoms with Crippen LogP contribution >= 0.6 is 11.8 Å². The highest BCUT2D eigenvalue weighted by molar-refractivity contribution is 8.00. The fourth-order valence-corrected chi connectivity index (χ4v) is 5.07. The third-order valence-corrected chi connectivity index (χ3v) is 7.80. The smallest absolute Gasteiger partial charge is 0.272 e. The lowest BCUT2D eigenvalue weighted by Gasteiger charge is -2.14. The Morgan fingerprint density at radius 2 is 1.39 bits per heavy atom. The van der Waals surface area contributed by atoms with Crippen molar-refractivity contribution >= 4 is 52.8 Å². The molecular weight excluding hydrogens is 572 g/mol. The van der Waals surface area contributed by atoms with Crippen molar-refractivity contribution < 1.29 is 19.2 Å². The van der Waals surface area contributed by atoms with E-state index in [1.807, 2.05) is 30.3 Å². The number of rotatable bonds is 11. The van der Waals surface area contributed by atoms with Gasteiger partial charge in [0.1, 0.15) is 5.70 Å². The Morgan fingerprint density at radius 1 is 0.750 bits per heavy atom. The van der Waals surface area contributed by atoms with Gasteiger partial charge in [-0.15, -0.1) is 11.8 Å². The molecule has 0 fully saturated rings. The molecule has 0 aliphatic carbocycles. The monoisotopic (exact) mass is 606 g/mol. The van der Waals surface area contributed by atoms with Gasteiger partial charge in [-0.2, -0.15) is 0 Å². The van der Waals surface area contributed by atoms with Crippen molar-refractivity contribution in [2.75, 3.05) is 10.6 Å². The number of nitrogens with two attached hydrogens (primary N) is 1. The summed E-state index contributed by atoms with van der Waals surface area (Å²) < 4.78 is 0. The predicted octanol–water partition coefficient (Wildman–Crippen LogP) is 6.44. The Kier molecular flexibility index (Phi) is 10.7. The Hall–Kier alpha value is -5.15. The SMILES string of the molecule is CC(Sc1ccc(NC(=O)/C(=C/c2ccc(C(C)C)cc2)NC(=O)c2ccccc2)cc1)C(=O)Nc1ccccc1C(N)=O. The van der Waals surface area contributed by atoms with Crippen LogP contribution in [0.15, 0.2) is 114 Å². The van der Waals surface area contributed by atoms with E-state index in [-0.39, 0.29) is 17.2 Å². The summed E-state index contributed by atoms with van der Waals surface area (Å²) in [7, 11) is 0. The summed E-state index contributed by atoms with van der Waals surface area (Å²) in [6, 6.07) is 30.1. The number of para-hydroxylation sites is 1. The van der Waals surface area contributed by atoms with Gasteiger partial charge in [0.15, 0.2) is 0 Å². The largest absolute Gasteiger partial charge is 0.366 e. The van der Waals surface area contributed by atoms with Crippen molar-refractivity contribution in [3.63, 3.8) is 0 Å². The molecule has 4 aromatic carbocycles. The fraction of sp³-hybridized carbons (Fsp3) is 0.143. The lowest BCUT2D eigenvalue weighted by molar-refractivity contribution is -0.115. The molecule has 0 heterocycles. The van der Waals surface area contributed by atoms with Crippen LogP contribution in [-0.2, 0) is 9.59 Å². The molecule has 0 radical (unpaired) electrons. The van der Waals surface area contributed by atoms with E-state index in [0.29, 0.717) is 22.9 Å². The Balaban J connectivity index is 1.45. The molecule has 4 amide bonds. The maximum absolute atomic E-state index is 13.4. The van der Waals surface area contributed by atoms with Gasteiger partial charge in [0, 0.05) is 16.1 Å². The molecule has 224 valence electrons. The first-order chi connectivity index (χ1) is 21.1. The van der Waals surface area contributed by atoms with E-state index < -0.39 is 23.0 Å². The maximum Gasteiger partial charge on any atom is 0.272 e. The zero-order chi connectivity index (χ0) is 31.6. The van der Waals surface area contributed by atoms with E-state index >= 15 is 0 Å². The number of hydrogen-bond donors (Lipinski definition) is 4. The van der Waals surface area contributed by atoms with Gasteiger partial charge in [0.05, 0.1) is 16.5 Å². The van der Waals surface area contributed by atoms with Crippen LogP contribution in [0.3, 0.4) is 0 Å². The van der Waals surface area contributed by atoms with Crippen LogP contribution in [0.2, 0.25) is 0 Å². The first-order valence-corrected chi connectivity index (χ1v) is 14.9. The maximum atomic E-state index is 13.4. The highest BCUT2D eigenvalue weighted by atomic mass is 32.2. The van der Waals surface area contributed by atoms with E-state index in [0.717, 1.165) is 10.5 Å². The molecule has 4 rings (SSSR count). The number of primary amides is 1. The molecule has 4 aromatic rings. The van der Waals surface area contributed by atoms with Crippen LogP contribution < -0.4 is 21.7 Å². The number of thioether (sulfide) groups is 1. The average Bonchev–Trinajstić information content (AvgIpc) is 3.02. The van der Waals surface area contributed by atoms with Gasteiger partial charge in [0.2, 0.25) is 5.91 Å². The van der Waals surface area contributed by atoms with Gasteiger partial charge in [-0.05, 0) is 78.6 Å². The Labute approximate surface area is 261 Å². The van der Waals surface area contributed by atoms with E-state index in [9.17, 15) is 19.2 Å². The third-order valence-electron chi connectivity index (χ3n) is 6.69. The minimum absolute atomic E-state index is 0.0936. The van der Waals surface area contributed by atoms with Gasteiger partial charge < -0.3 is 21.7 Å². The average molecular weight is 607 g/mol. The quantitative estimate of drug-likeness (QED) is 0.115. The van der Waals surface area contributed by atoms with Gasteiger partial charge in [-0.3, -0.25) is 19.2 Å². The molecule has 0 spiro atoms. The van der Waals surface area contributed by atoms with E-state index in [1.165, 1.54) is 17.3 Å². The molecule has 0 aliphatic heterocycles. The molecule has 0 bridgehead atoms. The van der Waals surface area contributed by atoms with E-state index in [4.69, 9.17) is 5.73 Å². The van der Waals surface area contributed by atoms with E-state index in [2.05, 4.69) is 29.8 Å². The van der Waals surface area contributed by atoms with Crippen LogP contribution in [0.5, 0.6) is 0 Å². The van der Waals surface area contributed by atoms with Crippen LogP contribution in [0.25, 0.3) is 6.08 Å². The fourth-order valence-electron chi connectivity index (χ4n) is 4.20. The number of anilines is 2. The summed E-state index contributed by atoms with van der Waals surface area (Å²) in [4.78, 5) is 51.6. The molecule has 0 saturated carbocycles. The molecule has 1 unspecified atom stereocenters. The van der Waals surface area contributed by atoms with Gasteiger partial charge >= 0.3 is 0 Å². The first-order valence-electron chi connectivity index (χ1n) is 14.1. The van der Waals surface area contributed by atoms with Crippen molar-refractivity contribution in [2.45, 2.75) is 36.8 Å². The van der Waals surface area contributed by atoms with Crippen LogP contribution in [-0.4, -0.2) is 28.9 Å². The van der Waals surface area contributed by atoms with Gasteiger partial charge in [-0.1, -0.05) is 68.4 Å². The van der Waals surface area contributed by atoms with E-state index in [1.54, 1.807) is 85.8 Å². The van der Waals surface area contributed by atoms with Crippen LogP contribution in [0.1, 0.15) is 58.5 Å². The lowest BCUT2D eigenvalue weighted by atomic mass is 10.0. The Morgan fingerprint density at radius 3 is 2.02 bits per heavy atom. The lowest BCUT2D eigenvalue weighted by Crippen LogP contribution is -2.30.